The number of carbonyl (C=O) groups is 4. The standard InChI is InChI=1S/C14H22N2O6S/c1-14(2,3)21-13(20)16-22-12(19)15-6-5-8-9(17)7-10(23-4)11(8)18/h8,10H,5-7H2,1-4H3,(H,15,19)(H,16,20). The summed E-state index contributed by atoms with van der Waals surface area (Å²) in [7, 11) is 0. The third kappa shape index (κ3) is 6.47. The molecule has 0 aromatic carbocycles. The molecule has 9 heteroatoms. The Kier molecular flexibility index (Phi) is 6.86. The maximum Gasteiger partial charge on any atom is 0.441 e. The highest BCUT2D eigenvalue weighted by atomic mass is 32.2. The van der Waals surface area contributed by atoms with Crippen LogP contribution >= 0.6 is 11.8 Å². The first-order valence-corrected chi connectivity index (χ1v) is 8.45. The van der Waals surface area contributed by atoms with Gasteiger partial charge in [-0.1, -0.05) is 0 Å². The number of Topliss-reactive ketones (excluding diaryl/α,β-unsaturated/α-hetero) is 2. The van der Waals surface area contributed by atoms with Crippen LogP contribution in [0.25, 0.3) is 0 Å². The normalized spacial score (nSPS) is 21.0. The molecule has 1 rings (SSSR count). The van der Waals surface area contributed by atoms with Crippen molar-refractivity contribution in [3.05, 3.63) is 0 Å². The minimum Gasteiger partial charge on any atom is -0.442 e. The van der Waals surface area contributed by atoms with Crippen LogP contribution in [0.4, 0.5) is 9.59 Å². The van der Waals surface area contributed by atoms with E-state index in [2.05, 4.69) is 10.2 Å². The Balaban J connectivity index is 2.26. The number of thioether (sulfide) groups is 1. The molecule has 0 spiro atoms. The molecule has 1 aliphatic rings. The van der Waals surface area contributed by atoms with E-state index in [9.17, 15) is 19.2 Å². The molecule has 2 unspecified atom stereocenters. The van der Waals surface area contributed by atoms with Crippen molar-refractivity contribution in [2.24, 2.45) is 5.92 Å². The molecule has 1 saturated carbocycles. The van der Waals surface area contributed by atoms with Gasteiger partial charge < -0.3 is 14.9 Å². The fourth-order valence-electron chi connectivity index (χ4n) is 2.05. The first-order chi connectivity index (χ1) is 10.6. The Labute approximate surface area is 139 Å². The van der Waals surface area contributed by atoms with Crippen LogP contribution in [0.3, 0.4) is 0 Å². The highest BCUT2D eigenvalue weighted by Gasteiger charge is 2.40. The van der Waals surface area contributed by atoms with E-state index in [1.807, 2.05) is 5.48 Å². The van der Waals surface area contributed by atoms with Gasteiger partial charge in [-0.25, -0.2) is 9.59 Å². The molecule has 0 bridgehead atoms. The predicted molar refractivity (Wildman–Crippen MR) is 83.9 cm³/mol. The summed E-state index contributed by atoms with van der Waals surface area (Å²) in [5.41, 5.74) is 1.13. The van der Waals surface area contributed by atoms with E-state index in [0.717, 1.165) is 0 Å². The van der Waals surface area contributed by atoms with Gasteiger partial charge in [0, 0.05) is 13.0 Å². The van der Waals surface area contributed by atoms with Gasteiger partial charge >= 0.3 is 12.2 Å². The van der Waals surface area contributed by atoms with E-state index in [1.54, 1.807) is 27.0 Å². The highest BCUT2D eigenvalue weighted by molar-refractivity contribution is 8.00. The van der Waals surface area contributed by atoms with Gasteiger partial charge in [0.15, 0.2) is 5.78 Å². The molecule has 0 radical (unpaired) electrons. The minimum absolute atomic E-state index is 0.0930. The van der Waals surface area contributed by atoms with E-state index in [1.165, 1.54) is 11.8 Å². The lowest BCUT2D eigenvalue weighted by Gasteiger charge is -2.19. The van der Waals surface area contributed by atoms with Gasteiger partial charge in [0.2, 0.25) is 0 Å². The Morgan fingerprint density at radius 1 is 1.26 bits per heavy atom. The molecule has 0 aromatic heterocycles. The lowest BCUT2D eigenvalue weighted by atomic mass is 10.0. The van der Waals surface area contributed by atoms with Crippen molar-refractivity contribution in [1.82, 2.24) is 10.8 Å². The van der Waals surface area contributed by atoms with E-state index >= 15 is 0 Å². The molecule has 2 N–H and O–H groups in total. The van der Waals surface area contributed by atoms with Crippen LogP contribution in [-0.4, -0.2) is 47.4 Å². The van der Waals surface area contributed by atoms with Crippen molar-refractivity contribution in [3.63, 3.8) is 0 Å². The van der Waals surface area contributed by atoms with E-state index in [4.69, 9.17) is 4.74 Å². The summed E-state index contributed by atoms with van der Waals surface area (Å²) in [6, 6.07) is 0. The van der Waals surface area contributed by atoms with Crippen molar-refractivity contribution in [3.8, 4) is 0 Å². The number of ether oxygens (including phenoxy) is 1. The SMILES string of the molecule is CSC1CC(=O)C(CCNC(=O)ONC(=O)OC(C)(C)C)C1=O. The second-order valence-corrected chi connectivity index (χ2v) is 7.10. The Hall–Kier alpha value is -1.77. The van der Waals surface area contributed by atoms with Crippen molar-refractivity contribution in [2.45, 2.75) is 44.5 Å². The lowest BCUT2D eigenvalue weighted by Crippen LogP contribution is -2.38. The van der Waals surface area contributed by atoms with Gasteiger partial charge in [-0.2, -0.15) is 11.8 Å². The van der Waals surface area contributed by atoms with Gasteiger partial charge in [-0.05, 0) is 33.4 Å². The van der Waals surface area contributed by atoms with Gasteiger partial charge in [0.25, 0.3) is 0 Å². The molecular weight excluding hydrogens is 324 g/mol. The number of hydrogen-bond donors (Lipinski definition) is 2. The average Bonchev–Trinajstić information content (AvgIpc) is 2.70. The molecule has 0 aliphatic heterocycles. The minimum atomic E-state index is -0.893. The van der Waals surface area contributed by atoms with E-state index in [0.29, 0.717) is 0 Å². The Bertz CT molecular complexity index is 488. The number of amides is 2. The van der Waals surface area contributed by atoms with Crippen molar-refractivity contribution in [1.29, 1.82) is 0 Å². The van der Waals surface area contributed by atoms with Gasteiger partial charge in [0.05, 0.1) is 11.2 Å². The molecule has 130 valence electrons. The van der Waals surface area contributed by atoms with E-state index < -0.39 is 23.7 Å². The Morgan fingerprint density at radius 3 is 2.43 bits per heavy atom. The number of ketones is 2. The second kappa shape index (κ2) is 8.19. The Morgan fingerprint density at radius 2 is 1.91 bits per heavy atom. The van der Waals surface area contributed by atoms with Crippen LogP contribution in [0.1, 0.15) is 33.6 Å². The average molecular weight is 346 g/mol. The summed E-state index contributed by atoms with van der Waals surface area (Å²) in [5, 5.41) is 2.08. The van der Waals surface area contributed by atoms with Crippen LogP contribution in [0.5, 0.6) is 0 Å². The van der Waals surface area contributed by atoms with Crippen LogP contribution in [-0.2, 0) is 19.2 Å². The zero-order chi connectivity index (χ0) is 17.6. The smallest absolute Gasteiger partial charge is 0.441 e. The van der Waals surface area contributed by atoms with Crippen LogP contribution in [0, 0.1) is 5.92 Å². The van der Waals surface area contributed by atoms with Crippen molar-refractivity contribution in [2.75, 3.05) is 12.8 Å². The molecule has 0 saturated heterocycles. The second-order valence-electron chi connectivity index (χ2n) is 6.06. The number of carbonyl (C=O) groups excluding carboxylic acids is 4. The molecule has 1 fully saturated rings. The number of rotatable bonds is 4. The largest absolute Gasteiger partial charge is 0.442 e. The molecule has 8 nitrogen and oxygen atoms in total. The third-order valence-electron chi connectivity index (χ3n) is 3.05. The number of nitrogens with one attached hydrogen (secondary N) is 2. The molecule has 0 aromatic rings. The maximum absolute atomic E-state index is 11.9. The zero-order valence-corrected chi connectivity index (χ0v) is 14.5. The monoisotopic (exact) mass is 346 g/mol. The molecule has 2 atom stereocenters. The van der Waals surface area contributed by atoms with Crippen LogP contribution in [0.15, 0.2) is 0 Å². The topological polar surface area (TPSA) is 111 Å². The predicted octanol–water partition coefficient (Wildman–Crippen LogP) is 1.43. The summed E-state index contributed by atoms with van der Waals surface area (Å²) >= 11 is 1.36. The van der Waals surface area contributed by atoms with Crippen molar-refractivity contribution >= 4 is 35.5 Å². The fourth-order valence-corrected chi connectivity index (χ4v) is 2.78. The first kappa shape index (κ1) is 19.3. The molecule has 1 aliphatic carbocycles. The fraction of sp³-hybridized carbons (Fsp3) is 0.714. The summed E-state index contributed by atoms with van der Waals surface area (Å²) in [6.07, 6.45) is 0.466. The van der Waals surface area contributed by atoms with Crippen LogP contribution < -0.4 is 10.8 Å². The first-order valence-electron chi connectivity index (χ1n) is 7.17. The molecule has 2 amide bonds. The maximum atomic E-state index is 11.9. The molecular formula is C14H22N2O6S. The van der Waals surface area contributed by atoms with Gasteiger partial charge in [-0.3, -0.25) is 9.59 Å². The summed E-state index contributed by atoms with van der Waals surface area (Å²) in [4.78, 5) is 50.8. The number of hydrogen-bond acceptors (Lipinski definition) is 7. The van der Waals surface area contributed by atoms with Crippen LogP contribution in [0.2, 0.25) is 0 Å². The summed E-state index contributed by atoms with van der Waals surface area (Å²) < 4.78 is 4.88. The van der Waals surface area contributed by atoms with Crippen molar-refractivity contribution < 1.29 is 28.8 Å². The lowest BCUT2D eigenvalue weighted by molar-refractivity contribution is -0.127. The number of hydroxylamine groups is 1. The quantitative estimate of drug-likeness (QED) is 0.585. The molecule has 23 heavy (non-hydrogen) atoms. The molecule has 0 heterocycles. The van der Waals surface area contributed by atoms with Gasteiger partial charge in [-0.15, -0.1) is 5.48 Å². The zero-order valence-electron chi connectivity index (χ0n) is 13.6. The van der Waals surface area contributed by atoms with Gasteiger partial charge in [0.1, 0.15) is 11.4 Å². The van der Waals surface area contributed by atoms with E-state index in [-0.39, 0.29) is 36.2 Å². The highest BCUT2D eigenvalue weighted by Crippen LogP contribution is 2.28. The summed E-state index contributed by atoms with van der Waals surface area (Å²) in [6.45, 7) is 5.11. The summed E-state index contributed by atoms with van der Waals surface area (Å²) in [5.74, 6) is -0.868. The third-order valence-corrected chi connectivity index (χ3v) is 4.02.